The van der Waals surface area contributed by atoms with E-state index in [1.54, 1.807) is 0 Å². The van der Waals surface area contributed by atoms with E-state index >= 15 is 0 Å². The minimum atomic E-state index is -0.270. The Bertz CT molecular complexity index is 2780. The number of hydrogen-bond acceptors (Lipinski definition) is 4. The molecule has 12 rings (SSSR count). The Hall–Kier alpha value is -7.04. The molecule has 8 aromatic carbocycles. The van der Waals surface area contributed by atoms with Gasteiger partial charge in [-0.2, -0.15) is 0 Å². The van der Waals surface area contributed by atoms with Gasteiger partial charge in [0, 0.05) is 22.2 Å². The minimum absolute atomic E-state index is 0.270. The second-order valence-electron chi connectivity index (χ2n) is 17.1. The van der Waals surface area contributed by atoms with Crippen LogP contribution in [0.25, 0.3) is 11.1 Å². The molecule has 0 amide bonds. The molecule has 0 N–H and O–H groups in total. The first-order chi connectivity index (χ1) is 28.3. The average Bonchev–Trinajstić information content (AvgIpc) is 3.26. The van der Waals surface area contributed by atoms with Crippen molar-refractivity contribution in [2.75, 3.05) is 19.6 Å². The fraction of sp³-hybridized carbons (Fsp3) is 0.111. The Morgan fingerprint density at radius 3 is 0.966 bits per heavy atom. The van der Waals surface area contributed by atoms with Gasteiger partial charge in [0.15, 0.2) is 0 Å². The summed E-state index contributed by atoms with van der Waals surface area (Å²) in [5.74, 6) is 0. The van der Waals surface area contributed by atoms with Crippen LogP contribution in [0.4, 0.5) is 68.2 Å². The largest absolute Gasteiger partial charge is 0.306 e. The predicted octanol–water partition coefficient (Wildman–Crippen LogP) is 15.1. The molecule has 0 bridgehead atoms. The maximum Gasteiger partial charge on any atom is 0.0744 e. The second-order valence-corrected chi connectivity index (χ2v) is 17.1. The lowest BCUT2D eigenvalue weighted by Crippen LogP contribution is -2.35. The Kier molecular flexibility index (Phi) is 6.71. The fourth-order valence-corrected chi connectivity index (χ4v) is 10.4. The van der Waals surface area contributed by atoms with Crippen molar-refractivity contribution in [2.24, 2.45) is 0 Å². The van der Waals surface area contributed by atoms with E-state index < -0.39 is 0 Å². The molecular weight excluding hydrogens is 705 g/mol. The van der Waals surface area contributed by atoms with Gasteiger partial charge < -0.3 is 19.6 Å². The van der Waals surface area contributed by atoms with Crippen molar-refractivity contribution in [3.05, 3.63) is 204 Å². The van der Waals surface area contributed by atoms with E-state index in [1.165, 1.54) is 90.3 Å². The van der Waals surface area contributed by atoms with Gasteiger partial charge in [-0.1, -0.05) is 125 Å². The van der Waals surface area contributed by atoms with Crippen molar-refractivity contribution < 1.29 is 0 Å². The smallest absolute Gasteiger partial charge is 0.0744 e. The van der Waals surface area contributed by atoms with E-state index in [0.29, 0.717) is 0 Å². The minimum Gasteiger partial charge on any atom is -0.306 e. The molecule has 0 unspecified atom stereocenters. The average molecular weight is 747 g/mol. The predicted molar refractivity (Wildman–Crippen MR) is 242 cm³/mol. The summed E-state index contributed by atoms with van der Waals surface area (Å²) in [6.45, 7) is 9.61. The number of para-hydroxylation sites is 8. The van der Waals surface area contributed by atoms with Crippen molar-refractivity contribution in [2.45, 2.75) is 38.5 Å². The van der Waals surface area contributed by atoms with E-state index in [9.17, 15) is 0 Å². The second kappa shape index (κ2) is 11.7. The van der Waals surface area contributed by atoms with Gasteiger partial charge in [0.05, 0.1) is 56.9 Å². The standard InChI is InChI=1S/C54H42N4/c1-53(2)39-23-11-13-25-43(39)57-47-29-17-15-27-45(47)55(37-19-7-5-8-20-37)49-33-35(31-41(53)51(49)57)36-32-42-52-50(34-36)56(38-21-9-6-10-22-38)46-28-16-18-30-48(46)58(52)44-26-14-12-24-40(44)54(42,3)4/h5-34H,1-4H3. The van der Waals surface area contributed by atoms with Crippen molar-refractivity contribution in [3.63, 3.8) is 0 Å². The lowest BCUT2D eigenvalue weighted by Gasteiger charge is -2.49. The summed E-state index contributed by atoms with van der Waals surface area (Å²) in [7, 11) is 0. The van der Waals surface area contributed by atoms with Gasteiger partial charge in [0.2, 0.25) is 0 Å². The maximum atomic E-state index is 2.52. The molecule has 4 heteroatoms. The molecule has 4 heterocycles. The number of fused-ring (bicyclic) bond motifs is 8. The first-order valence-electron chi connectivity index (χ1n) is 20.4. The zero-order valence-electron chi connectivity index (χ0n) is 33.1. The van der Waals surface area contributed by atoms with Crippen LogP contribution in [-0.4, -0.2) is 0 Å². The van der Waals surface area contributed by atoms with Gasteiger partial charge >= 0.3 is 0 Å². The molecule has 58 heavy (non-hydrogen) atoms. The topological polar surface area (TPSA) is 13.0 Å². The highest BCUT2D eigenvalue weighted by atomic mass is 15.3. The van der Waals surface area contributed by atoms with Crippen LogP contribution in [0.2, 0.25) is 0 Å². The summed E-state index contributed by atoms with van der Waals surface area (Å²) in [5, 5.41) is 0. The van der Waals surface area contributed by atoms with Crippen molar-refractivity contribution in [1.82, 2.24) is 0 Å². The van der Waals surface area contributed by atoms with Crippen LogP contribution >= 0.6 is 0 Å². The molecule has 0 fully saturated rings. The molecule has 8 aromatic rings. The number of nitrogens with zero attached hydrogens (tertiary/aromatic N) is 4. The van der Waals surface area contributed by atoms with Crippen LogP contribution in [0.15, 0.2) is 182 Å². The molecule has 0 radical (unpaired) electrons. The fourth-order valence-electron chi connectivity index (χ4n) is 10.4. The third kappa shape index (κ3) is 4.35. The van der Waals surface area contributed by atoms with Gasteiger partial charge in [-0.25, -0.2) is 0 Å². The van der Waals surface area contributed by atoms with Crippen LogP contribution in [0, 0.1) is 0 Å². The SMILES string of the molecule is CC1(C)c2ccccc2N2c3ccccc3N(c3ccccc3)c3cc(-c4cc5c6c(c4)C(C)(C)c4ccccc4N6c4ccccc4N5c4ccccc4)cc1c32. The molecule has 0 aromatic heterocycles. The summed E-state index contributed by atoms with van der Waals surface area (Å²) in [6.07, 6.45) is 0. The van der Waals surface area contributed by atoms with Gasteiger partial charge in [0.1, 0.15) is 0 Å². The molecule has 0 spiro atoms. The molecule has 0 atom stereocenters. The first-order valence-corrected chi connectivity index (χ1v) is 20.4. The van der Waals surface area contributed by atoms with Gasteiger partial charge in [0.25, 0.3) is 0 Å². The van der Waals surface area contributed by atoms with E-state index in [2.05, 4.69) is 229 Å². The highest BCUT2D eigenvalue weighted by molar-refractivity contribution is 6.08. The van der Waals surface area contributed by atoms with Gasteiger partial charge in [-0.15, -0.1) is 0 Å². The summed E-state index contributed by atoms with van der Waals surface area (Å²) >= 11 is 0. The Morgan fingerprint density at radius 2 is 0.586 bits per heavy atom. The molecule has 4 aliphatic heterocycles. The number of rotatable bonds is 3. The third-order valence-corrected chi connectivity index (χ3v) is 13.2. The molecule has 278 valence electrons. The van der Waals surface area contributed by atoms with Crippen molar-refractivity contribution >= 4 is 68.2 Å². The van der Waals surface area contributed by atoms with E-state index in [4.69, 9.17) is 0 Å². The normalized spacial score (nSPS) is 15.7. The quantitative estimate of drug-likeness (QED) is 0.178. The van der Waals surface area contributed by atoms with Crippen molar-refractivity contribution in [1.29, 1.82) is 0 Å². The highest BCUT2D eigenvalue weighted by Gasteiger charge is 2.45. The summed E-state index contributed by atoms with van der Waals surface area (Å²) in [5.41, 5.74) is 21.5. The highest BCUT2D eigenvalue weighted by Crippen LogP contribution is 2.65. The molecule has 4 nitrogen and oxygen atoms in total. The summed E-state index contributed by atoms with van der Waals surface area (Å²) < 4.78 is 0. The van der Waals surface area contributed by atoms with Crippen LogP contribution in [-0.2, 0) is 10.8 Å². The summed E-state index contributed by atoms with van der Waals surface area (Å²) in [6, 6.07) is 67.4. The monoisotopic (exact) mass is 746 g/mol. The maximum absolute atomic E-state index is 2.52. The zero-order valence-corrected chi connectivity index (χ0v) is 33.1. The molecular formula is C54H42N4. The van der Waals surface area contributed by atoms with Gasteiger partial charge in [-0.3, -0.25) is 0 Å². The molecule has 0 aliphatic carbocycles. The van der Waals surface area contributed by atoms with Crippen LogP contribution in [0.1, 0.15) is 49.9 Å². The Morgan fingerprint density at radius 1 is 0.276 bits per heavy atom. The Balaban J connectivity index is 1.19. The molecule has 0 saturated carbocycles. The lowest BCUT2D eigenvalue weighted by molar-refractivity contribution is 0.630. The van der Waals surface area contributed by atoms with Crippen LogP contribution in [0.3, 0.4) is 0 Å². The zero-order chi connectivity index (χ0) is 38.9. The first kappa shape index (κ1) is 33.1. The van der Waals surface area contributed by atoms with Crippen LogP contribution < -0.4 is 19.6 Å². The van der Waals surface area contributed by atoms with Gasteiger partial charge in [-0.05, 0) is 118 Å². The Labute approximate surface area is 340 Å². The van der Waals surface area contributed by atoms with E-state index in [1.807, 2.05) is 0 Å². The number of benzene rings is 8. The molecule has 4 aliphatic rings. The van der Waals surface area contributed by atoms with Crippen molar-refractivity contribution in [3.8, 4) is 11.1 Å². The van der Waals surface area contributed by atoms with Crippen LogP contribution in [0.5, 0.6) is 0 Å². The third-order valence-electron chi connectivity index (χ3n) is 13.2. The lowest BCUT2D eigenvalue weighted by atomic mass is 9.70. The summed E-state index contributed by atoms with van der Waals surface area (Å²) in [4.78, 5) is 10.0. The van der Waals surface area contributed by atoms with E-state index in [-0.39, 0.29) is 10.8 Å². The number of anilines is 12. The number of hydrogen-bond donors (Lipinski definition) is 0. The van der Waals surface area contributed by atoms with E-state index in [0.717, 1.165) is 11.4 Å². The molecule has 0 saturated heterocycles.